The molecule has 1 aromatic carbocycles. The number of primary amides is 1. The number of halogens is 1. The summed E-state index contributed by atoms with van der Waals surface area (Å²) in [5, 5.41) is 3.89. The smallest absolute Gasteiger partial charge is 0.223 e. The van der Waals surface area contributed by atoms with E-state index in [1.165, 1.54) is 12.8 Å². The van der Waals surface area contributed by atoms with Crippen molar-refractivity contribution in [3.05, 3.63) is 22.7 Å². The first-order valence-electron chi connectivity index (χ1n) is 7.03. The van der Waals surface area contributed by atoms with Crippen LogP contribution in [0.25, 0.3) is 0 Å². The Morgan fingerprint density at radius 2 is 2.24 bits per heavy atom. The van der Waals surface area contributed by atoms with Crippen molar-refractivity contribution in [1.82, 2.24) is 5.32 Å². The standard InChI is InChI=1S/C15H21ClN2O3/c1-9(15(17)19)8-21-14-12(16)5-10(6-13(14)20-2)7-18-11-3-4-11/h5-6,9,11,18H,3-4,7-8H2,1-2H3,(H2,17,19). The number of rotatable bonds is 8. The molecule has 1 aliphatic carbocycles. The zero-order valence-electron chi connectivity index (χ0n) is 12.3. The van der Waals surface area contributed by atoms with E-state index in [0.717, 1.165) is 12.1 Å². The number of benzene rings is 1. The van der Waals surface area contributed by atoms with Crippen molar-refractivity contribution in [3.63, 3.8) is 0 Å². The van der Waals surface area contributed by atoms with Gasteiger partial charge in [0.2, 0.25) is 5.91 Å². The third kappa shape index (κ3) is 4.51. The van der Waals surface area contributed by atoms with Crippen molar-refractivity contribution in [3.8, 4) is 11.5 Å². The van der Waals surface area contributed by atoms with Gasteiger partial charge in [-0.15, -0.1) is 0 Å². The molecule has 1 saturated carbocycles. The predicted octanol–water partition coefficient (Wildman–Crippen LogP) is 2.10. The zero-order valence-corrected chi connectivity index (χ0v) is 13.1. The lowest BCUT2D eigenvalue weighted by atomic mass is 10.1. The lowest BCUT2D eigenvalue weighted by molar-refractivity contribution is -0.122. The first-order valence-corrected chi connectivity index (χ1v) is 7.41. The summed E-state index contributed by atoms with van der Waals surface area (Å²) in [4.78, 5) is 11.0. The van der Waals surface area contributed by atoms with Crippen molar-refractivity contribution in [1.29, 1.82) is 0 Å². The molecule has 0 aliphatic heterocycles. The van der Waals surface area contributed by atoms with E-state index < -0.39 is 5.91 Å². The SMILES string of the molecule is COc1cc(CNC2CC2)cc(Cl)c1OCC(C)C(N)=O. The monoisotopic (exact) mass is 312 g/mol. The fraction of sp³-hybridized carbons (Fsp3) is 0.533. The number of amides is 1. The van der Waals surface area contributed by atoms with E-state index in [9.17, 15) is 4.79 Å². The summed E-state index contributed by atoms with van der Waals surface area (Å²) in [5.74, 6) is 0.214. The van der Waals surface area contributed by atoms with Gasteiger partial charge in [-0.05, 0) is 30.5 Å². The highest BCUT2D eigenvalue weighted by Gasteiger charge is 2.21. The molecule has 1 aliphatic rings. The van der Waals surface area contributed by atoms with Crippen LogP contribution < -0.4 is 20.5 Å². The minimum absolute atomic E-state index is 0.172. The summed E-state index contributed by atoms with van der Waals surface area (Å²) >= 11 is 6.26. The number of carbonyl (C=O) groups is 1. The van der Waals surface area contributed by atoms with E-state index in [1.807, 2.05) is 12.1 Å². The first kappa shape index (κ1) is 15.9. The molecular weight excluding hydrogens is 292 g/mol. The van der Waals surface area contributed by atoms with Crippen LogP contribution in [-0.2, 0) is 11.3 Å². The molecule has 116 valence electrons. The molecule has 0 spiro atoms. The highest BCUT2D eigenvalue weighted by Crippen LogP contribution is 2.37. The number of carbonyl (C=O) groups excluding carboxylic acids is 1. The lowest BCUT2D eigenvalue weighted by Gasteiger charge is -2.16. The molecule has 5 nitrogen and oxygen atoms in total. The summed E-state index contributed by atoms with van der Waals surface area (Å²) in [6.07, 6.45) is 2.47. The van der Waals surface area contributed by atoms with Gasteiger partial charge < -0.3 is 20.5 Å². The second-order valence-electron chi connectivity index (χ2n) is 5.38. The largest absolute Gasteiger partial charge is 0.493 e. The van der Waals surface area contributed by atoms with Crippen LogP contribution in [-0.4, -0.2) is 25.7 Å². The van der Waals surface area contributed by atoms with Crippen LogP contribution in [0.5, 0.6) is 11.5 Å². The summed E-state index contributed by atoms with van der Waals surface area (Å²) in [6.45, 7) is 2.63. The van der Waals surface area contributed by atoms with Crippen LogP contribution in [0.3, 0.4) is 0 Å². The van der Waals surface area contributed by atoms with Gasteiger partial charge in [0.1, 0.15) is 0 Å². The Balaban J connectivity index is 2.06. The van der Waals surface area contributed by atoms with E-state index in [0.29, 0.717) is 22.6 Å². The molecule has 0 bridgehead atoms. The molecule has 1 fully saturated rings. The third-order valence-electron chi connectivity index (χ3n) is 3.42. The molecule has 3 N–H and O–H groups in total. The maximum Gasteiger partial charge on any atom is 0.223 e. The van der Waals surface area contributed by atoms with E-state index in [2.05, 4.69) is 5.32 Å². The molecule has 21 heavy (non-hydrogen) atoms. The van der Waals surface area contributed by atoms with Crippen molar-refractivity contribution < 1.29 is 14.3 Å². The van der Waals surface area contributed by atoms with Crippen LogP contribution in [0, 0.1) is 5.92 Å². The minimum Gasteiger partial charge on any atom is -0.493 e. The summed E-state index contributed by atoms with van der Waals surface area (Å²) < 4.78 is 10.9. The van der Waals surface area contributed by atoms with E-state index in [1.54, 1.807) is 14.0 Å². The highest BCUT2D eigenvalue weighted by atomic mass is 35.5. The average Bonchev–Trinajstić information content (AvgIpc) is 3.27. The number of nitrogens with one attached hydrogen (secondary N) is 1. The van der Waals surface area contributed by atoms with Gasteiger partial charge in [0.05, 0.1) is 24.7 Å². The molecule has 1 atom stereocenters. The Morgan fingerprint density at radius 3 is 2.81 bits per heavy atom. The predicted molar refractivity (Wildman–Crippen MR) is 81.7 cm³/mol. The van der Waals surface area contributed by atoms with Gasteiger partial charge in [0.15, 0.2) is 11.5 Å². The number of nitrogens with two attached hydrogens (primary N) is 1. The molecular formula is C15H21ClN2O3. The van der Waals surface area contributed by atoms with Gasteiger partial charge in [-0.2, -0.15) is 0 Å². The van der Waals surface area contributed by atoms with Crippen LogP contribution in [0.2, 0.25) is 5.02 Å². The van der Waals surface area contributed by atoms with Crippen molar-refractivity contribution in [2.45, 2.75) is 32.4 Å². The van der Waals surface area contributed by atoms with Gasteiger partial charge in [0.25, 0.3) is 0 Å². The molecule has 0 heterocycles. The quantitative estimate of drug-likeness (QED) is 0.771. The Labute approximate surface area is 129 Å². The highest BCUT2D eigenvalue weighted by molar-refractivity contribution is 6.32. The lowest BCUT2D eigenvalue weighted by Crippen LogP contribution is -2.26. The molecule has 6 heteroatoms. The Hall–Kier alpha value is -1.46. The number of hydrogen-bond acceptors (Lipinski definition) is 4. The second kappa shape index (κ2) is 7.00. The van der Waals surface area contributed by atoms with E-state index >= 15 is 0 Å². The molecule has 0 aromatic heterocycles. The van der Waals surface area contributed by atoms with Crippen molar-refractivity contribution in [2.75, 3.05) is 13.7 Å². The maximum absolute atomic E-state index is 11.0. The summed E-state index contributed by atoms with van der Waals surface area (Å²) in [5.41, 5.74) is 6.26. The topological polar surface area (TPSA) is 73.6 Å². The molecule has 1 unspecified atom stereocenters. The molecule has 0 saturated heterocycles. The van der Waals surface area contributed by atoms with Gasteiger partial charge in [-0.1, -0.05) is 18.5 Å². The van der Waals surface area contributed by atoms with Gasteiger partial charge >= 0.3 is 0 Å². The second-order valence-corrected chi connectivity index (χ2v) is 5.79. The Morgan fingerprint density at radius 1 is 1.52 bits per heavy atom. The first-order chi connectivity index (χ1) is 10.0. The molecule has 2 rings (SSSR count). The van der Waals surface area contributed by atoms with Crippen LogP contribution >= 0.6 is 11.6 Å². The summed E-state index contributed by atoms with van der Waals surface area (Å²) in [6, 6.07) is 4.37. The Bertz CT molecular complexity index is 518. The average molecular weight is 313 g/mol. The van der Waals surface area contributed by atoms with Gasteiger partial charge in [-0.3, -0.25) is 4.79 Å². The third-order valence-corrected chi connectivity index (χ3v) is 3.71. The molecule has 1 amide bonds. The van der Waals surface area contributed by atoms with E-state index in [4.69, 9.17) is 26.8 Å². The van der Waals surface area contributed by atoms with Crippen LogP contribution in [0.1, 0.15) is 25.3 Å². The number of methoxy groups -OCH3 is 1. The number of ether oxygens (including phenoxy) is 2. The van der Waals surface area contributed by atoms with Crippen molar-refractivity contribution >= 4 is 17.5 Å². The number of hydrogen-bond donors (Lipinski definition) is 2. The normalized spacial score (nSPS) is 15.6. The van der Waals surface area contributed by atoms with Gasteiger partial charge in [0, 0.05) is 12.6 Å². The molecule has 1 aromatic rings. The molecule has 0 radical (unpaired) electrons. The van der Waals surface area contributed by atoms with E-state index in [-0.39, 0.29) is 12.5 Å². The minimum atomic E-state index is -0.407. The fourth-order valence-electron chi connectivity index (χ4n) is 1.86. The Kier molecular flexibility index (Phi) is 5.31. The van der Waals surface area contributed by atoms with Crippen LogP contribution in [0.4, 0.5) is 0 Å². The van der Waals surface area contributed by atoms with Gasteiger partial charge in [-0.25, -0.2) is 0 Å². The fourth-order valence-corrected chi connectivity index (χ4v) is 2.14. The van der Waals surface area contributed by atoms with Crippen LogP contribution in [0.15, 0.2) is 12.1 Å². The summed E-state index contributed by atoms with van der Waals surface area (Å²) in [7, 11) is 1.56. The maximum atomic E-state index is 11.0. The zero-order chi connectivity index (χ0) is 15.4. The van der Waals surface area contributed by atoms with Crippen molar-refractivity contribution in [2.24, 2.45) is 11.7 Å².